The number of hydrogen-bond acceptors (Lipinski definition) is 6. The van der Waals surface area contributed by atoms with Crippen LogP contribution in [0.2, 0.25) is 0 Å². The summed E-state index contributed by atoms with van der Waals surface area (Å²) >= 11 is 2.76. The number of carbonyl (C=O) groups is 1. The van der Waals surface area contributed by atoms with Gasteiger partial charge >= 0.3 is 5.97 Å². The lowest BCUT2D eigenvalue weighted by molar-refractivity contribution is -0.984. The third-order valence-corrected chi connectivity index (χ3v) is 9.12. The first-order valence-electron chi connectivity index (χ1n) is 11.7. The van der Waals surface area contributed by atoms with Crippen molar-refractivity contribution in [1.82, 2.24) is 0 Å². The van der Waals surface area contributed by atoms with E-state index in [-0.39, 0.29) is 6.23 Å². The van der Waals surface area contributed by atoms with E-state index >= 15 is 0 Å². The number of nitrogens with zero attached hydrogens (tertiary/aromatic N) is 1. The number of piperidine rings is 3. The summed E-state index contributed by atoms with van der Waals surface area (Å²) in [7, 11) is 0. The van der Waals surface area contributed by atoms with Gasteiger partial charge in [-0.25, -0.2) is 4.79 Å². The summed E-state index contributed by atoms with van der Waals surface area (Å²) in [6.07, 6.45) is 3.90. The van der Waals surface area contributed by atoms with Crippen molar-refractivity contribution in [2.45, 2.75) is 37.5 Å². The Morgan fingerprint density at radius 1 is 1.00 bits per heavy atom. The van der Waals surface area contributed by atoms with Crippen LogP contribution in [0.4, 0.5) is 0 Å². The largest absolute Gasteiger partial charge is 0.493 e. The molecule has 5 heterocycles. The fraction of sp³-hybridized carbons (Fsp3) is 0.423. The van der Waals surface area contributed by atoms with Crippen LogP contribution in [0.3, 0.4) is 0 Å². The van der Waals surface area contributed by atoms with Gasteiger partial charge in [0.05, 0.1) is 36.0 Å². The highest BCUT2D eigenvalue weighted by molar-refractivity contribution is 7.12. The van der Waals surface area contributed by atoms with Crippen molar-refractivity contribution in [3.63, 3.8) is 0 Å². The van der Waals surface area contributed by atoms with Gasteiger partial charge in [-0.2, -0.15) is 0 Å². The summed E-state index contributed by atoms with van der Waals surface area (Å²) in [6.45, 7) is 3.59. The molecule has 0 unspecified atom stereocenters. The number of para-hydroxylation sites is 1. The Labute approximate surface area is 202 Å². The van der Waals surface area contributed by atoms with E-state index in [1.165, 1.54) is 35.5 Å². The number of fused-ring (bicyclic) bond motifs is 3. The van der Waals surface area contributed by atoms with Crippen LogP contribution in [0.5, 0.6) is 5.75 Å². The lowest BCUT2D eigenvalue weighted by Gasteiger charge is -2.53. The zero-order valence-electron chi connectivity index (χ0n) is 18.6. The standard InChI is InChI=1S/C26H30NO4S2/c28-25(26(29,22-9-4-17-32-22)23-10-5-18-33-23)31-24-19-20-11-14-27(24,15-12-20)13-6-16-30-21-7-2-1-3-8-21/h1-5,7-10,17-18,20,24,29H,6,11-16,19H2/q+1/t20?,24-,27?/m1/s1. The van der Waals surface area contributed by atoms with Crippen molar-refractivity contribution in [3.05, 3.63) is 75.1 Å². The zero-order chi connectivity index (χ0) is 22.7. The Hall–Kier alpha value is -2.19. The normalized spacial score (nSPS) is 24.5. The molecule has 2 bridgehead atoms. The van der Waals surface area contributed by atoms with E-state index in [4.69, 9.17) is 9.47 Å². The molecular formula is C26H30NO4S2+. The van der Waals surface area contributed by atoms with Gasteiger partial charge in [0.2, 0.25) is 11.8 Å². The third-order valence-electron chi connectivity index (χ3n) is 7.16. The van der Waals surface area contributed by atoms with Gasteiger partial charge in [-0.3, -0.25) is 4.48 Å². The Morgan fingerprint density at radius 2 is 1.67 bits per heavy atom. The maximum Gasteiger partial charge on any atom is 0.353 e. The SMILES string of the molecule is O=C(O[C@@H]1CC2CC[N+]1(CCCOc1ccccc1)CC2)C(O)(c1cccs1)c1cccs1. The highest BCUT2D eigenvalue weighted by atomic mass is 32.1. The Bertz CT molecular complexity index is 993. The highest BCUT2D eigenvalue weighted by Crippen LogP contribution is 2.42. The van der Waals surface area contributed by atoms with E-state index in [1.807, 2.05) is 65.4 Å². The van der Waals surface area contributed by atoms with Gasteiger partial charge in [-0.1, -0.05) is 30.3 Å². The fourth-order valence-corrected chi connectivity index (χ4v) is 7.00. The van der Waals surface area contributed by atoms with Crippen molar-refractivity contribution in [2.75, 3.05) is 26.2 Å². The quantitative estimate of drug-likeness (QED) is 0.263. The molecule has 3 aromatic rings. The van der Waals surface area contributed by atoms with Crippen molar-refractivity contribution >= 4 is 28.6 Å². The molecule has 7 heteroatoms. The molecular weight excluding hydrogens is 454 g/mol. The summed E-state index contributed by atoms with van der Waals surface area (Å²) in [5, 5.41) is 15.4. The second kappa shape index (κ2) is 9.58. The molecule has 33 heavy (non-hydrogen) atoms. The van der Waals surface area contributed by atoms with Gasteiger partial charge in [0.25, 0.3) is 0 Å². The van der Waals surface area contributed by atoms with E-state index in [2.05, 4.69) is 0 Å². The van der Waals surface area contributed by atoms with Gasteiger partial charge < -0.3 is 14.6 Å². The smallest absolute Gasteiger partial charge is 0.353 e. The van der Waals surface area contributed by atoms with Gasteiger partial charge in [0.15, 0.2) is 0 Å². The molecule has 0 aliphatic carbocycles. The predicted octanol–water partition coefficient (Wildman–Crippen LogP) is 5.01. The zero-order valence-corrected chi connectivity index (χ0v) is 20.2. The molecule has 1 aromatic carbocycles. The monoisotopic (exact) mass is 484 g/mol. The third kappa shape index (κ3) is 4.47. The predicted molar refractivity (Wildman–Crippen MR) is 130 cm³/mol. The fourth-order valence-electron chi connectivity index (χ4n) is 5.28. The molecule has 1 N–H and O–H groups in total. The van der Waals surface area contributed by atoms with Crippen LogP contribution in [0.15, 0.2) is 65.4 Å². The summed E-state index contributed by atoms with van der Waals surface area (Å²) < 4.78 is 12.9. The molecule has 3 saturated heterocycles. The minimum atomic E-state index is -1.75. The molecule has 5 nitrogen and oxygen atoms in total. The lowest BCUT2D eigenvalue weighted by Crippen LogP contribution is -2.66. The van der Waals surface area contributed by atoms with E-state index in [0.717, 1.165) is 42.7 Å². The molecule has 2 aromatic heterocycles. The van der Waals surface area contributed by atoms with Crippen molar-refractivity contribution in [1.29, 1.82) is 0 Å². The van der Waals surface area contributed by atoms with E-state index in [1.54, 1.807) is 0 Å². The molecule has 3 fully saturated rings. The summed E-state index contributed by atoms with van der Waals surface area (Å²) in [4.78, 5) is 14.8. The molecule has 6 rings (SSSR count). The topological polar surface area (TPSA) is 55.8 Å². The summed E-state index contributed by atoms with van der Waals surface area (Å²) in [5.41, 5.74) is -1.75. The van der Waals surface area contributed by atoms with E-state index in [0.29, 0.717) is 22.3 Å². The number of esters is 1. The number of benzene rings is 1. The van der Waals surface area contributed by atoms with E-state index < -0.39 is 11.6 Å². The van der Waals surface area contributed by atoms with Crippen molar-refractivity contribution < 1.29 is 23.9 Å². The maximum absolute atomic E-state index is 13.6. The number of quaternary nitrogens is 1. The first-order valence-corrected chi connectivity index (χ1v) is 13.4. The Kier molecular flexibility index (Phi) is 6.56. The first-order chi connectivity index (χ1) is 16.1. The number of ether oxygens (including phenoxy) is 2. The maximum atomic E-state index is 13.6. The summed E-state index contributed by atoms with van der Waals surface area (Å²) in [6, 6.07) is 17.2. The van der Waals surface area contributed by atoms with Crippen LogP contribution < -0.4 is 4.74 Å². The van der Waals surface area contributed by atoms with Crippen LogP contribution in [-0.4, -0.2) is 48.0 Å². The average Bonchev–Trinajstić information content (AvgIpc) is 3.58. The minimum Gasteiger partial charge on any atom is -0.493 e. The van der Waals surface area contributed by atoms with Gasteiger partial charge in [0.1, 0.15) is 5.75 Å². The molecule has 174 valence electrons. The minimum absolute atomic E-state index is 0.215. The molecule has 0 spiro atoms. The van der Waals surface area contributed by atoms with Crippen LogP contribution in [0.1, 0.15) is 35.4 Å². The number of thiophene rings is 2. The van der Waals surface area contributed by atoms with Gasteiger partial charge in [-0.05, 0) is 40.9 Å². The molecule has 3 aliphatic rings. The van der Waals surface area contributed by atoms with Crippen molar-refractivity contribution in [2.24, 2.45) is 5.92 Å². The average molecular weight is 485 g/mol. The van der Waals surface area contributed by atoms with Crippen LogP contribution in [0.25, 0.3) is 0 Å². The Morgan fingerprint density at radius 3 is 2.27 bits per heavy atom. The Balaban J connectivity index is 1.30. The number of carbonyl (C=O) groups excluding carboxylic acids is 1. The van der Waals surface area contributed by atoms with Crippen LogP contribution in [0, 0.1) is 5.92 Å². The molecule has 0 amide bonds. The van der Waals surface area contributed by atoms with Crippen LogP contribution >= 0.6 is 22.7 Å². The molecule has 0 radical (unpaired) electrons. The summed E-state index contributed by atoms with van der Waals surface area (Å²) in [5.74, 6) is 0.928. The second-order valence-corrected chi connectivity index (χ2v) is 11.0. The second-order valence-electron chi connectivity index (χ2n) is 9.11. The van der Waals surface area contributed by atoms with Crippen LogP contribution in [-0.2, 0) is 15.1 Å². The highest BCUT2D eigenvalue weighted by Gasteiger charge is 2.52. The first kappa shape index (κ1) is 22.6. The van der Waals surface area contributed by atoms with Gasteiger partial charge in [-0.15, -0.1) is 22.7 Å². The van der Waals surface area contributed by atoms with E-state index in [9.17, 15) is 9.90 Å². The molecule has 1 atom stereocenters. The lowest BCUT2D eigenvalue weighted by atomic mass is 9.84. The molecule has 3 aliphatic heterocycles. The van der Waals surface area contributed by atoms with Crippen molar-refractivity contribution in [3.8, 4) is 5.75 Å². The number of aliphatic hydroxyl groups is 1. The number of rotatable bonds is 9. The molecule has 0 saturated carbocycles. The van der Waals surface area contributed by atoms with Gasteiger partial charge in [0, 0.05) is 25.7 Å². The number of hydrogen-bond donors (Lipinski definition) is 1.